The highest BCUT2D eigenvalue weighted by atomic mass is 16.5. The van der Waals surface area contributed by atoms with E-state index < -0.39 is 0 Å². The van der Waals surface area contributed by atoms with Gasteiger partial charge in [0.15, 0.2) is 0 Å². The van der Waals surface area contributed by atoms with Crippen LogP contribution in [0.3, 0.4) is 0 Å². The Labute approximate surface area is 150 Å². The molecule has 2 aromatic rings. The summed E-state index contributed by atoms with van der Waals surface area (Å²) in [5.74, 6) is 0.877. The lowest BCUT2D eigenvalue weighted by molar-refractivity contribution is -0.125. The number of methoxy groups -OCH3 is 1. The second-order valence-corrected chi connectivity index (χ2v) is 6.74. The molecule has 0 N–H and O–H groups in total. The lowest BCUT2D eigenvalue weighted by atomic mass is 10.1. The van der Waals surface area contributed by atoms with Gasteiger partial charge in [0.2, 0.25) is 5.91 Å². The van der Waals surface area contributed by atoms with Gasteiger partial charge >= 0.3 is 0 Å². The zero-order valence-electron chi connectivity index (χ0n) is 15.5. The van der Waals surface area contributed by atoms with Crippen molar-refractivity contribution in [1.29, 1.82) is 0 Å². The summed E-state index contributed by atoms with van der Waals surface area (Å²) < 4.78 is 5.47. The van der Waals surface area contributed by atoms with E-state index in [1.165, 1.54) is 11.1 Å². The van der Waals surface area contributed by atoms with Gasteiger partial charge in [0.05, 0.1) is 18.8 Å². The molecule has 0 radical (unpaired) electrons. The van der Waals surface area contributed by atoms with E-state index in [0.29, 0.717) is 6.54 Å². The largest absolute Gasteiger partial charge is 0.495 e. The van der Waals surface area contributed by atoms with Gasteiger partial charge in [0.25, 0.3) is 0 Å². The number of anilines is 1. The first-order chi connectivity index (χ1) is 12.0. The number of ether oxygens (including phenoxy) is 1. The molecule has 3 rings (SSSR count). The lowest BCUT2D eigenvalue weighted by Gasteiger charge is -2.39. The summed E-state index contributed by atoms with van der Waals surface area (Å²) in [5.41, 5.74) is 4.54. The molecule has 2 aromatic carbocycles. The minimum absolute atomic E-state index is 0.128. The van der Waals surface area contributed by atoms with Crippen LogP contribution < -0.4 is 9.64 Å². The predicted molar refractivity (Wildman–Crippen MR) is 101 cm³/mol. The van der Waals surface area contributed by atoms with Gasteiger partial charge < -0.3 is 9.64 Å². The van der Waals surface area contributed by atoms with Crippen LogP contribution in [0.1, 0.15) is 23.6 Å². The molecule has 1 heterocycles. The van der Waals surface area contributed by atoms with Crippen LogP contribution in [0.25, 0.3) is 0 Å². The third-order valence-corrected chi connectivity index (χ3v) is 5.04. The first-order valence-corrected chi connectivity index (χ1v) is 8.76. The number of carbonyl (C=O) groups is 1. The van der Waals surface area contributed by atoms with Crippen LogP contribution in [-0.4, -0.2) is 37.0 Å². The standard InChI is InChI=1S/C21H26N2O2/c1-15-9-10-20(25-4)19(13-15)23-12-11-22(17(3)21(23)24)14-18-8-6-5-7-16(18)2/h5-10,13,17H,11-12,14H2,1-4H3/t17-/m0/s1. The number of piperazine rings is 1. The van der Waals surface area contributed by atoms with Crippen LogP contribution >= 0.6 is 0 Å². The fourth-order valence-corrected chi connectivity index (χ4v) is 3.39. The molecule has 1 atom stereocenters. The Morgan fingerprint density at radius 3 is 2.60 bits per heavy atom. The summed E-state index contributed by atoms with van der Waals surface area (Å²) in [7, 11) is 1.65. The van der Waals surface area contributed by atoms with E-state index in [4.69, 9.17) is 4.74 Å². The van der Waals surface area contributed by atoms with Crippen molar-refractivity contribution in [3.63, 3.8) is 0 Å². The fourth-order valence-electron chi connectivity index (χ4n) is 3.39. The Morgan fingerprint density at radius 1 is 1.12 bits per heavy atom. The zero-order chi connectivity index (χ0) is 18.0. The van der Waals surface area contributed by atoms with Gasteiger partial charge in [-0.1, -0.05) is 30.3 Å². The third-order valence-electron chi connectivity index (χ3n) is 5.04. The quantitative estimate of drug-likeness (QED) is 0.855. The number of nitrogens with zero attached hydrogens (tertiary/aromatic N) is 2. The molecule has 1 aliphatic rings. The minimum Gasteiger partial charge on any atom is -0.495 e. The molecule has 1 saturated heterocycles. The van der Waals surface area contributed by atoms with E-state index in [9.17, 15) is 4.79 Å². The van der Waals surface area contributed by atoms with Crippen LogP contribution in [0.2, 0.25) is 0 Å². The molecule has 25 heavy (non-hydrogen) atoms. The Kier molecular flexibility index (Phi) is 5.09. The molecule has 1 aliphatic heterocycles. The maximum Gasteiger partial charge on any atom is 0.244 e. The molecule has 0 aromatic heterocycles. The molecule has 0 bridgehead atoms. The topological polar surface area (TPSA) is 32.8 Å². The smallest absolute Gasteiger partial charge is 0.244 e. The number of rotatable bonds is 4. The molecule has 4 nitrogen and oxygen atoms in total. The van der Waals surface area contributed by atoms with E-state index in [-0.39, 0.29) is 11.9 Å². The van der Waals surface area contributed by atoms with E-state index in [0.717, 1.165) is 30.1 Å². The number of hydrogen-bond donors (Lipinski definition) is 0. The van der Waals surface area contributed by atoms with Crippen LogP contribution in [0.4, 0.5) is 5.69 Å². The van der Waals surface area contributed by atoms with E-state index in [1.54, 1.807) is 7.11 Å². The first-order valence-electron chi connectivity index (χ1n) is 8.76. The maximum atomic E-state index is 13.0. The van der Waals surface area contributed by atoms with Crippen LogP contribution in [0, 0.1) is 13.8 Å². The highest BCUT2D eigenvalue weighted by molar-refractivity contribution is 5.99. The average molecular weight is 338 g/mol. The zero-order valence-corrected chi connectivity index (χ0v) is 15.5. The molecule has 1 amide bonds. The fraction of sp³-hybridized carbons (Fsp3) is 0.381. The summed E-state index contributed by atoms with van der Waals surface area (Å²) in [5, 5.41) is 0. The number of carbonyl (C=O) groups excluding carboxylic acids is 1. The van der Waals surface area contributed by atoms with Crippen molar-refractivity contribution in [1.82, 2.24) is 4.90 Å². The van der Waals surface area contributed by atoms with Gasteiger partial charge in [-0.15, -0.1) is 0 Å². The monoisotopic (exact) mass is 338 g/mol. The maximum absolute atomic E-state index is 13.0. The van der Waals surface area contributed by atoms with E-state index >= 15 is 0 Å². The molecular weight excluding hydrogens is 312 g/mol. The van der Waals surface area contributed by atoms with Crippen molar-refractivity contribution in [2.75, 3.05) is 25.1 Å². The van der Waals surface area contributed by atoms with Crippen LogP contribution in [0.5, 0.6) is 5.75 Å². The van der Waals surface area contributed by atoms with E-state index in [1.807, 2.05) is 36.9 Å². The number of benzene rings is 2. The Morgan fingerprint density at radius 2 is 1.88 bits per heavy atom. The Bertz CT molecular complexity index is 772. The SMILES string of the molecule is COc1ccc(C)cc1N1CCN(Cc2ccccc2C)[C@@H](C)C1=O. The second-order valence-electron chi connectivity index (χ2n) is 6.74. The van der Waals surface area contributed by atoms with Gasteiger partial charge in [-0.25, -0.2) is 0 Å². The molecule has 1 fully saturated rings. The average Bonchev–Trinajstić information content (AvgIpc) is 2.61. The molecule has 0 aliphatic carbocycles. The molecule has 4 heteroatoms. The van der Waals surface area contributed by atoms with Crippen molar-refractivity contribution in [3.05, 3.63) is 59.2 Å². The molecule has 0 saturated carbocycles. The summed E-state index contributed by atoms with van der Waals surface area (Å²) in [6.45, 7) is 8.47. The highest BCUT2D eigenvalue weighted by Gasteiger charge is 2.33. The van der Waals surface area contributed by atoms with Gasteiger partial charge in [-0.2, -0.15) is 0 Å². The van der Waals surface area contributed by atoms with Gasteiger partial charge in [-0.05, 0) is 49.6 Å². The highest BCUT2D eigenvalue weighted by Crippen LogP contribution is 2.31. The van der Waals surface area contributed by atoms with Crippen molar-refractivity contribution < 1.29 is 9.53 Å². The van der Waals surface area contributed by atoms with E-state index in [2.05, 4.69) is 36.1 Å². The van der Waals surface area contributed by atoms with Crippen molar-refractivity contribution in [3.8, 4) is 5.75 Å². The molecule has 132 valence electrons. The molecular formula is C21H26N2O2. The summed E-state index contributed by atoms with van der Waals surface area (Å²) in [6.07, 6.45) is 0. The number of amides is 1. The lowest BCUT2D eigenvalue weighted by Crippen LogP contribution is -2.55. The molecule has 0 spiro atoms. The van der Waals surface area contributed by atoms with Gasteiger partial charge in [-0.3, -0.25) is 9.69 Å². The minimum atomic E-state index is -0.154. The first kappa shape index (κ1) is 17.5. The van der Waals surface area contributed by atoms with Crippen molar-refractivity contribution in [2.24, 2.45) is 0 Å². The number of hydrogen-bond acceptors (Lipinski definition) is 3. The van der Waals surface area contributed by atoms with Crippen molar-refractivity contribution in [2.45, 2.75) is 33.4 Å². The summed E-state index contributed by atoms with van der Waals surface area (Å²) in [6, 6.07) is 14.2. The summed E-state index contributed by atoms with van der Waals surface area (Å²) >= 11 is 0. The van der Waals surface area contributed by atoms with Crippen LogP contribution in [0.15, 0.2) is 42.5 Å². The van der Waals surface area contributed by atoms with Gasteiger partial charge in [0.1, 0.15) is 5.75 Å². The van der Waals surface area contributed by atoms with Gasteiger partial charge in [0, 0.05) is 19.6 Å². The third kappa shape index (κ3) is 3.54. The molecule has 0 unspecified atom stereocenters. The van der Waals surface area contributed by atoms with Crippen LogP contribution in [-0.2, 0) is 11.3 Å². The summed E-state index contributed by atoms with van der Waals surface area (Å²) in [4.78, 5) is 17.1. The van der Waals surface area contributed by atoms with Crippen molar-refractivity contribution >= 4 is 11.6 Å². The second kappa shape index (κ2) is 7.28. The Hall–Kier alpha value is -2.33. The predicted octanol–water partition coefficient (Wildman–Crippen LogP) is 3.55. The number of aryl methyl sites for hydroxylation is 2. The normalized spacial score (nSPS) is 18.5. The Balaban J connectivity index is 1.80.